The summed E-state index contributed by atoms with van der Waals surface area (Å²) < 4.78 is 0. The summed E-state index contributed by atoms with van der Waals surface area (Å²) in [5, 5.41) is 15.0. The van der Waals surface area contributed by atoms with Crippen LogP contribution in [0.3, 0.4) is 0 Å². The van der Waals surface area contributed by atoms with Gasteiger partial charge in [-0.3, -0.25) is 14.9 Å². The van der Waals surface area contributed by atoms with Crippen molar-refractivity contribution in [1.82, 2.24) is 5.43 Å². The van der Waals surface area contributed by atoms with Gasteiger partial charge in [-0.1, -0.05) is 31.9 Å². The Morgan fingerprint density at radius 2 is 2.22 bits per heavy atom. The van der Waals surface area contributed by atoms with Gasteiger partial charge in [-0.15, -0.1) is 0 Å². The van der Waals surface area contributed by atoms with Crippen molar-refractivity contribution in [2.24, 2.45) is 5.10 Å². The molecule has 0 fully saturated rings. The third kappa shape index (κ3) is 4.74. The van der Waals surface area contributed by atoms with E-state index in [4.69, 9.17) is 0 Å². The Morgan fingerprint density at radius 1 is 1.39 bits per heavy atom. The summed E-state index contributed by atoms with van der Waals surface area (Å²) >= 11 is 0. The van der Waals surface area contributed by atoms with Crippen LogP contribution in [0.1, 0.15) is 55.8 Å². The molecule has 122 valence electrons. The first kappa shape index (κ1) is 16.9. The maximum Gasteiger partial charge on any atom is 0.271 e. The van der Waals surface area contributed by atoms with Gasteiger partial charge in [0.05, 0.1) is 10.6 Å². The van der Waals surface area contributed by atoms with Crippen molar-refractivity contribution in [3.05, 3.63) is 51.6 Å². The standard InChI is InChI=1S/C17H21N3O3/c1-2-3-4-7-13-8-6-11-16(13)18-19-17(21)14-9-5-10-15(12-14)20(22)23/h5,8-10,12H,2-4,6-7,11H2,1H3,(H,19,21). The third-order valence-electron chi connectivity index (χ3n) is 3.80. The average molecular weight is 315 g/mol. The Morgan fingerprint density at radius 3 is 2.96 bits per heavy atom. The molecule has 0 atom stereocenters. The number of unbranched alkanes of at least 4 members (excludes halogenated alkanes) is 2. The van der Waals surface area contributed by atoms with E-state index in [1.165, 1.54) is 42.7 Å². The largest absolute Gasteiger partial charge is 0.271 e. The Hall–Kier alpha value is -2.50. The number of nitro groups is 1. The number of non-ortho nitro benzene ring substituents is 1. The molecule has 1 aliphatic rings. The highest BCUT2D eigenvalue weighted by Crippen LogP contribution is 2.21. The molecule has 0 aliphatic heterocycles. The lowest BCUT2D eigenvalue weighted by Crippen LogP contribution is -2.19. The van der Waals surface area contributed by atoms with Crippen molar-refractivity contribution >= 4 is 17.3 Å². The maximum atomic E-state index is 12.1. The minimum absolute atomic E-state index is 0.105. The molecule has 0 saturated carbocycles. The van der Waals surface area contributed by atoms with Gasteiger partial charge in [0.1, 0.15) is 0 Å². The molecule has 0 unspecified atom stereocenters. The van der Waals surface area contributed by atoms with Crippen molar-refractivity contribution in [2.75, 3.05) is 0 Å². The molecule has 1 N–H and O–H groups in total. The van der Waals surface area contributed by atoms with Crippen LogP contribution in [0.25, 0.3) is 0 Å². The maximum absolute atomic E-state index is 12.1. The molecule has 0 bridgehead atoms. The smallest absolute Gasteiger partial charge is 0.267 e. The molecule has 0 heterocycles. The SMILES string of the molecule is CCCCCC1=CCCC1=NNC(=O)c1cccc([N+](=O)[O-])c1. The van der Waals surface area contributed by atoms with Crippen LogP contribution in [0, 0.1) is 10.1 Å². The molecule has 1 amide bonds. The molecule has 0 radical (unpaired) electrons. The van der Waals surface area contributed by atoms with E-state index in [0.717, 1.165) is 31.4 Å². The lowest BCUT2D eigenvalue weighted by atomic mass is 10.1. The summed E-state index contributed by atoms with van der Waals surface area (Å²) in [7, 11) is 0. The Kier molecular flexibility index (Phi) is 6.02. The van der Waals surface area contributed by atoms with Gasteiger partial charge in [-0.25, -0.2) is 5.43 Å². The zero-order valence-electron chi connectivity index (χ0n) is 13.2. The van der Waals surface area contributed by atoms with E-state index < -0.39 is 10.8 Å². The van der Waals surface area contributed by atoms with E-state index in [2.05, 4.69) is 23.5 Å². The van der Waals surface area contributed by atoms with E-state index >= 15 is 0 Å². The lowest BCUT2D eigenvalue weighted by Gasteiger charge is -2.06. The highest BCUT2D eigenvalue weighted by molar-refractivity contribution is 6.03. The second kappa shape index (κ2) is 8.22. The van der Waals surface area contributed by atoms with Gasteiger partial charge in [0.25, 0.3) is 11.6 Å². The van der Waals surface area contributed by atoms with Crippen molar-refractivity contribution in [1.29, 1.82) is 0 Å². The van der Waals surface area contributed by atoms with Crippen LogP contribution < -0.4 is 5.43 Å². The van der Waals surface area contributed by atoms with E-state index in [9.17, 15) is 14.9 Å². The Labute approximate surface area is 135 Å². The molecule has 0 saturated heterocycles. The number of amides is 1. The van der Waals surface area contributed by atoms with E-state index in [-0.39, 0.29) is 11.3 Å². The molecule has 23 heavy (non-hydrogen) atoms. The molecule has 2 rings (SSSR count). The van der Waals surface area contributed by atoms with Gasteiger partial charge in [0.2, 0.25) is 0 Å². The fourth-order valence-corrected chi connectivity index (χ4v) is 2.54. The number of carbonyl (C=O) groups excluding carboxylic acids is 1. The summed E-state index contributed by atoms with van der Waals surface area (Å²) in [6.07, 6.45) is 8.42. The summed E-state index contributed by atoms with van der Waals surface area (Å²) in [6, 6.07) is 5.64. The van der Waals surface area contributed by atoms with Crippen LogP contribution in [0.2, 0.25) is 0 Å². The molecular weight excluding hydrogens is 294 g/mol. The van der Waals surface area contributed by atoms with Crippen LogP contribution in [0.15, 0.2) is 41.0 Å². The highest BCUT2D eigenvalue weighted by atomic mass is 16.6. The van der Waals surface area contributed by atoms with E-state index in [0.29, 0.717) is 0 Å². The highest BCUT2D eigenvalue weighted by Gasteiger charge is 2.15. The number of hydrazone groups is 1. The number of allylic oxidation sites excluding steroid dienone is 2. The van der Waals surface area contributed by atoms with Crippen LogP contribution in [-0.4, -0.2) is 16.5 Å². The first-order valence-corrected chi connectivity index (χ1v) is 7.92. The molecule has 1 aromatic rings. The van der Waals surface area contributed by atoms with Gasteiger partial charge in [0, 0.05) is 17.7 Å². The van der Waals surface area contributed by atoms with Crippen molar-refractivity contribution in [3.8, 4) is 0 Å². The number of hydrogen-bond donors (Lipinski definition) is 1. The molecule has 1 aliphatic carbocycles. The Balaban J connectivity index is 1.99. The predicted octanol–water partition coefficient (Wildman–Crippen LogP) is 3.98. The van der Waals surface area contributed by atoms with E-state index in [1.807, 2.05) is 0 Å². The predicted molar refractivity (Wildman–Crippen MR) is 89.5 cm³/mol. The van der Waals surface area contributed by atoms with Gasteiger partial charge < -0.3 is 0 Å². The van der Waals surface area contributed by atoms with Crippen LogP contribution in [0.5, 0.6) is 0 Å². The number of hydrogen-bond acceptors (Lipinski definition) is 4. The number of nitrogens with one attached hydrogen (secondary N) is 1. The molecule has 1 aromatic carbocycles. The van der Waals surface area contributed by atoms with Crippen LogP contribution in [0.4, 0.5) is 5.69 Å². The molecule has 0 aromatic heterocycles. The fourth-order valence-electron chi connectivity index (χ4n) is 2.54. The number of rotatable bonds is 7. The summed E-state index contributed by atoms with van der Waals surface area (Å²) in [5.41, 5.74) is 4.76. The molecule has 6 nitrogen and oxygen atoms in total. The summed E-state index contributed by atoms with van der Waals surface area (Å²) in [6.45, 7) is 2.16. The summed E-state index contributed by atoms with van der Waals surface area (Å²) in [4.78, 5) is 22.3. The zero-order valence-corrected chi connectivity index (χ0v) is 13.2. The van der Waals surface area contributed by atoms with Gasteiger partial charge in [-0.2, -0.15) is 5.10 Å². The first-order chi connectivity index (χ1) is 11.1. The first-order valence-electron chi connectivity index (χ1n) is 7.92. The van der Waals surface area contributed by atoms with Crippen LogP contribution in [-0.2, 0) is 0 Å². The van der Waals surface area contributed by atoms with E-state index in [1.54, 1.807) is 0 Å². The number of nitrogens with zero attached hydrogens (tertiary/aromatic N) is 2. The third-order valence-corrected chi connectivity index (χ3v) is 3.80. The topological polar surface area (TPSA) is 84.6 Å². The van der Waals surface area contributed by atoms with Crippen molar-refractivity contribution in [2.45, 2.75) is 45.4 Å². The van der Waals surface area contributed by atoms with Gasteiger partial charge >= 0.3 is 0 Å². The number of benzene rings is 1. The molecular formula is C17H21N3O3. The number of nitro benzene ring substituents is 1. The average Bonchev–Trinajstić information content (AvgIpc) is 3.00. The van der Waals surface area contributed by atoms with Crippen LogP contribution >= 0.6 is 0 Å². The lowest BCUT2D eigenvalue weighted by molar-refractivity contribution is -0.384. The number of carbonyl (C=O) groups is 1. The Bertz CT molecular complexity index is 650. The quantitative estimate of drug-likeness (QED) is 0.469. The monoisotopic (exact) mass is 315 g/mol. The van der Waals surface area contributed by atoms with Gasteiger partial charge in [0.15, 0.2) is 0 Å². The van der Waals surface area contributed by atoms with Crippen molar-refractivity contribution < 1.29 is 9.72 Å². The second-order valence-corrected chi connectivity index (χ2v) is 5.53. The second-order valence-electron chi connectivity index (χ2n) is 5.53. The fraction of sp³-hybridized carbons (Fsp3) is 0.412. The summed E-state index contributed by atoms with van der Waals surface area (Å²) in [5.74, 6) is -0.430. The zero-order chi connectivity index (χ0) is 16.7. The normalized spacial score (nSPS) is 15.5. The minimum Gasteiger partial charge on any atom is -0.267 e. The van der Waals surface area contributed by atoms with Gasteiger partial charge in [-0.05, 0) is 37.3 Å². The molecule has 6 heteroatoms. The molecule has 0 spiro atoms. The van der Waals surface area contributed by atoms with Crippen molar-refractivity contribution in [3.63, 3.8) is 0 Å². The minimum atomic E-state index is -0.520.